The maximum Gasteiger partial charge on any atom is 0.394 e. The number of nitrogens with one attached hydrogen (secondary N) is 1. The van der Waals surface area contributed by atoms with Gasteiger partial charge in [0.2, 0.25) is 5.91 Å². The second kappa shape index (κ2) is 7.58. The van der Waals surface area contributed by atoms with Gasteiger partial charge in [-0.3, -0.25) is 19.7 Å². The van der Waals surface area contributed by atoms with E-state index in [-0.39, 0.29) is 24.3 Å². The fraction of sp³-hybridized carbons (Fsp3) is 0.467. The second-order valence-electron chi connectivity index (χ2n) is 5.84. The number of amides is 1. The lowest BCUT2D eigenvalue weighted by molar-refractivity contribution is -0.384. The van der Waals surface area contributed by atoms with Crippen LogP contribution in [-0.2, 0) is 9.59 Å². The van der Waals surface area contributed by atoms with E-state index in [2.05, 4.69) is 5.32 Å². The maximum atomic E-state index is 12.9. The number of carboxylic acid groups (broad SMARTS) is 1. The summed E-state index contributed by atoms with van der Waals surface area (Å²) in [6, 6.07) is 5.75. The molecule has 1 saturated heterocycles. The van der Waals surface area contributed by atoms with Crippen LogP contribution in [0.15, 0.2) is 24.3 Å². The average molecular weight is 375 g/mol. The van der Waals surface area contributed by atoms with Gasteiger partial charge in [-0.05, 0) is 6.07 Å². The van der Waals surface area contributed by atoms with Crippen LogP contribution in [0.3, 0.4) is 0 Å². The molecule has 1 aliphatic heterocycles. The number of carbonyl (C=O) groups excluding carboxylic acids is 1. The Hall–Kier alpha value is -2.85. The smallest absolute Gasteiger partial charge is 0.394 e. The number of halogens is 3. The van der Waals surface area contributed by atoms with E-state index in [9.17, 15) is 32.9 Å². The van der Waals surface area contributed by atoms with Crippen LogP contribution in [0.5, 0.6) is 0 Å². The third-order valence-electron chi connectivity index (χ3n) is 4.17. The van der Waals surface area contributed by atoms with E-state index in [0.717, 1.165) is 4.90 Å². The fourth-order valence-electron chi connectivity index (χ4n) is 2.83. The van der Waals surface area contributed by atoms with Crippen LogP contribution < -0.4 is 5.32 Å². The summed E-state index contributed by atoms with van der Waals surface area (Å²) in [4.78, 5) is 34.3. The fourth-order valence-corrected chi connectivity index (χ4v) is 2.83. The number of carbonyl (C=O) groups is 2. The maximum absolute atomic E-state index is 12.9. The number of aliphatic carboxylic acids is 1. The van der Waals surface area contributed by atoms with Crippen molar-refractivity contribution in [1.29, 1.82) is 0 Å². The molecule has 11 heteroatoms. The van der Waals surface area contributed by atoms with Crippen LogP contribution in [-0.4, -0.2) is 52.6 Å². The van der Waals surface area contributed by atoms with Gasteiger partial charge in [-0.2, -0.15) is 13.2 Å². The van der Waals surface area contributed by atoms with Crippen molar-refractivity contribution >= 4 is 23.3 Å². The van der Waals surface area contributed by atoms with Gasteiger partial charge in [-0.25, -0.2) is 0 Å². The minimum Gasteiger partial charge on any atom is -0.481 e. The topological polar surface area (TPSA) is 113 Å². The third-order valence-corrected chi connectivity index (χ3v) is 4.17. The molecule has 1 fully saturated rings. The van der Waals surface area contributed by atoms with E-state index < -0.39 is 47.9 Å². The molecule has 2 rings (SSSR count). The van der Waals surface area contributed by atoms with E-state index in [4.69, 9.17) is 5.11 Å². The van der Waals surface area contributed by atoms with Gasteiger partial charge in [-0.15, -0.1) is 0 Å². The first-order valence-electron chi connectivity index (χ1n) is 7.66. The van der Waals surface area contributed by atoms with Crippen LogP contribution in [0, 0.1) is 22.0 Å². The SMILES string of the molecule is O=C(O)[C@@H]1CN(C(=O)CCNc2ccccc2[N+](=O)[O-])C[C@H]1C(F)(F)F. The number of carboxylic acids is 1. The van der Waals surface area contributed by atoms with E-state index in [1.54, 1.807) is 6.07 Å². The van der Waals surface area contributed by atoms with Gasteiger partial charge in [0, 0.05) is 32.1 Å². The number of benzene rings is 1. The number of nitro groups is 1. The number of hydrogen-bond donors (Lipinski definition) is 2. The van der Waals surface area contributed by atoms with Crippen LogP contribution in [0.4, 0.5) is 24.5 Å². The molecule has 0 aromatic heterocycles. The van der Waals surface area contributed by atoms with Gasteiger partial charge in [0.1, 0.15) is 5.69 Å². The first-order valence-corrected chi connectivity index (χ1v) is 7.66. The molecule has 2 atom stereocenters. The van der Waals surface area contributed by atoms with Crippen LogP contribution in [0.1, 0.15) is 6.42 Å². The van der Waals surface area contributed by atoms with E-state index in [1.165, 1.54) is 18.2 Å². The zero-order chi connectivity index (χ0) is 19.5. The molecule has 0 aliphatic carbocycles. The predicted molar refractivity (Wildman–Crippen MR) is 83.5 cm³/mol. The van der Waals surface area contributed by atoms with E-state index >= 15 is 0 Å². The molecular weight excluding hydrogens is 359 g/mol. The Balaban J connectivity index is 1.95. The van der Waals surface area contributed by atoms with Gasteiger partial charge in [0.15, 0.2) is 0 Å². The van der Waals surface area contributed by atoms with Gasteiger partial charge in [-0.1, -0.05) is 12.1 Å². The molecule has 0 unspecified atom stereocenters. The monoisotopic (exact) mass is 375 g/mol. The number of alkyl halides is 3. The Kier molecular flexibility index (Phi) is 5.68. The summed E-state index contributed by atoms with van der Waals surface area (Å²) in [6.07, 6.45) is -4.93. The minimum absolute atomic E-state index is 0.0331. The summed E-state index contributed by atoms with van der Waals surface area (Å²) in [5.74, 6) is -6.04. The molecule has 2 N–H and O–H groups in total. The highest BCUT2D eigenvalue weighted by atomic mass is 19.4. The zero-order valence-corrected chi connectivity index (χ0v) is 13.4. The highest BCUT2D eigenvalue weighted by Crippen LogP contribution is 2.37. The quantitative estimate of drug-likeness (QED) is 0.582. The zero-order valence-electron chi connectivity index (χ0n) is 13.4. The number of nitrogens with zero attached hydrogens (tertiary/aromatic N) is 2. The molecule has 142 valence electrons. The summed E-state index contributed by atoms with van der Waals surface area (Å²) in [5, 5.41) is 22.5. The molecule has 1 amide bonds. The molecule has 1 aliphatic rings. The van der Waals surface area contributed by atoms with Crippen molar-refractivity contribution in [3.63, 3.8) is 0 Å². The normalized spacial score (nSPS) is 20.0. The molecule has 1 aromatic carbocycles. The lowest BCUT2D eigenvalue weighted by atomic mass is 9.96. The van der Waals surface area contributed by atoms with Gasteiger partial charge < -0.3 is 15.3 Å². The Bertz CT molecular complexity index is 710. The highest BCUT2D eigenvalue weighted by Gasteiger charge is 2.53. The molecule has 1 aromatic rings. The van der Waals surface area contributed by atoms with Crippen LogP contribution >= 0.6 is 0 Å². The van der Waals surface area contributed by atoms with E-state index in [1.807, 2.05) is 0 Å². The molecule has 8 nitrogen and oxygen atoms in total. The summed E-state index contributed by atoms with van der Waals surface area (Å²) in [5.41, 5.74) is -0.00694. The number of nitro benzene ring substituents is 1. The summed E-state index contributed by atoms with van der Waals surface area (Å²) in [6.45, 7) is -1.25. The number of hydrogen-bond acceptors (Lipinski definition) is 5. The standard InChI is InChI=1S/C15H16F3N3O5/c16-15(17,18)10-8-20(7-9(10)14(23)24)13(22)5-6-19-11-3-1-2-4-12(11)21(25)26/h1-4,9-10,19H,5-8H2,(H,23,24)/t9-,10-/m1/s1. The lowest BCUT2D eigenvalue weighted by Gasteiger charge is -2.18. The Morgan fingerprint density at radius 1 is 1.31 bits per heavy atom. The van der Waals surface area contributed by atoms with Crippen LogP contribution in [0.25, 0.3) is 0 Å². The van der Waals surface area contributed by atoms with Crippen molar-refractivity contribution in [3.05, 3.63) is 34.4 Å². The molecule has 1 heterocycles. The Labute approximate surface area is 145 Å². The summed E-state index contributed by atoms with van der Waals surface area (Å²) >= 11 is 0. The number of anilines is 1. The highest BCUT2D eigenvalue weighted by molar-refractivity contribution is 5.79. The first kappa shape index (κ1) is 19.5. The van der Waals surface area contributed by atoms with Crippen molar-refractivity contribution in [3.8, 4) is 0 Å². The Morgan fingerprint density at radius 3 is 2.50 bits per heavy atom. The van der Waals surface area contributed by atoms with Gasteiger partial charge in [0.05, 0.1) is 16.8 Å². The minimum atomic E-state index is -4.71. The summed E-state index contributed by atoms with van der Waals surface area (Å²) in [7, 11) is 0. The molecule has 0 radical (unpaired) electrons. The molecule has 26 heavy (non-hydrogen) atoms. The number of rotatable bonds is 6. The van der Waals surface area contributed by atoms with Gasteiger partial charge in [0.25, 0.3) is 5.69 Å². The van der Waals surface area contributed by atoms with Gasteiger partial charge >= 0.3 is 12.1 Å². The predicted octanol–water partition coefficient (Wildman–Crippen LogP) is 2.12. The summed E-state index contributed by atoms with van der Waals surface area (Å²) < 4.78 is 38.8. The lowest BCUT2D eigenvalue weighted by Crippen LogP contribution is -2.34. The molecular formula is C15H16F3N3O5. The van der Waals surface area contributed by atoms with Crippen molar-refractivity contribution in [1.82, 2.24) is 4.90 Å². The number of para-hydroxylation sites is 2. The number of likely N-dealkylation sites (tertiary alicyclic amines) is 1. The molecule has 0 spiro atoms. The first-order chi connectivity index (χ1) is 12.1. The third kappa shape index (κ3) is 4.41. The van der Waals surface area contributed by atoms with Crippen molar-refractivity contribution in [2.45, 2.75) is 12.6 Å². The molecule has 0 bridgehead atoms. The van der Waals surface area contributed by atoms with Crippen LogP contribution in [0.2, 0.25) is 0 Å². The largest absolute Gasteiger partial charge is 0.481 e. The Morgan fingerprint density at radius 2 is 1.96 bits per heavy atom. The van der Waals surface area contributed by atoms with Crippen molar-refractivity contribution in [2.24, 2.45) is 11.8 Å². The van der Waals surface area contributed by atoms with Crippen molar-refractivity contribution < 1.29 is 32.8 Å². The van der Waals surface area contributed by atoms with Crippen molar-refractivity contribution in [2.75, 3.05) is 25.0 Å². The molecule has 0 saturated carbocycles. The second-order valence-corrected chi connectivity index (χ2v) is 5.84. The average Bonchev–Trinajstić information content (AvgIpc) is 3.01. The van der Waals surface area contributed by atoms with E-state index in [0.29, 0.717) is 0 Å².